The van der Waals surface area contributed by atoms with Crippen LogP contribution in [0.25, 0.3) is 0 Å². The van der Waals surface area contributed by atoms with Crippen LogP contribution in [0.1, 0.15) is 35.2 Å². The molecule has 1 N–H and O–H groups in total. The second kappa shape index (κ2) is 9.45. The topological polar surface area (TPSA) is 66.8 Å². The highest BCUT2D eigenvalue weighted by Gasteiger charge is 2.43. The number of likely N-dealkylation sites (tertiary alicyclic amines) is 1. The lowest BCUT2D eigenvalue weighted by Crippen LogP contribution is -2.44. The van der Waals surface area contributed by atoms with E-state index in [1.807, 2.05) is 12.1 Å². The molecule has 0 unspecified atom stereocenters. The summed E-state index contributed by atoms with van der Waals surface area (Å²) in [6.45, 7) is 10.2. The summed E-state index contributed by atoms with van der Waals surface area (Å²) in [5.41, 5.74) is 2.27. The summed E-state index contributed by atoms with van der Waals surface area (Å²) in [4.78, 5) is 25.6. The van der Waals surface area contributed by atoms with Crippen LogP contribution in [0.3, 0.4) is 0 Å². The van der Waals surface area contributed by atoms with E-state index in [4.69, 9.17) is 21.4 Å². The monoisotopic (exact) mass is 427 g/mol. The third-order valence-electron chi connectivity index (χ3n) is 5.89. The average molecular weight is 428 g/mol. The van der Waals surface area contributed by atoms with E-state index in [1.165, 1.54) is 12.2 Å². The number of carboxylic acids is 1. The third kappa shape index (κ3) is 4.74. The molecule has 3 rings (SSSR count). The Morgan fingerprint density at radius 3 is 2.57 bits per heavy atom. The zero-order valence-electron chi connectivity index (χ0n) is 16.9. The summed E-state index contributed by atoms with van der Waals surface area (Å²) >= 11 is 6.04. The number of hydrogen-bond acceptors (Lipinski definition) is 4. The normalized spacial score (nSPS) is 18.6. The van der Waals surface area contributed by atoms with E-state index in [-0.39, 0.29) is 17.6 Å². The maximum atomic E-state index is 12.6. The van der Waals surface area contributed by atoms with Crippen molar-refractivity contribution in [3.63, 3.8) is 0 Å². The van der Waals surface area contributed by atoms with Crippen molar-refractivity contribution in [2.45, 2.75) is 24.7 Å². The minimum Gasteiger partial charge on any atom is -0.492 e. The van der Waals surface area contributed by atoms with E-state index in [1.54, 1.807) is 18.2 Å². The Labute approximate surface area is 182 Å². The van der Waals surface area contributed by atoms with Crippen LogP contribution in [0.2, 0.25) is 0 Å². The molecule has 1 aromatic rings. The molecule has 2 aliphatic rings. The number of hydrogen-bond donors (Lipinski definition) is 1. The molecular weight excluding hydrogens is 402 g/mol. The Morgan fingerprint density at radius 1 is 1.20 bits per heavy atom. The second-order valence-corrected chi connectivity index (χ2v) is 8.08. The highest BCUT2D eigenvalue weighted by Crippen LogP contribution is 2.45. The van der Waals surface area contributed by atoms with Crippen LogP contribution in [0, 0.1) is 0 Å². The first-order valence-corrected chi connectivity index (χ1v) is 10.3. The van der Waals surface area contributed by atoms with Gasteiger partial charge in [-0.3, -0.25) is 9.59 Å². The molecular formula is C24H26ClNO4. The van der Waals surface area contributed by atoms with Crippen molar-refractivity contribution in [3.8, 4) is 5.75 Å². The van der Waals surface area contributed by atoms with Crippen LogP contribution in [-0.4, -0.2) is 48.0 Å². The van der Waals surface area contributed by atoms with Crippen molar-refractivity contribution in [2.24, 2.45) is 0 Å². The minimum absolute atomic E-state index is 0.0529. The largest absolute Gasteiger partial charge is 0.492 e. The number of ether oxygens (including phenoxy) is 1. The molecule has 1 saturated heterocycles. The molecule has 5 nitrogen and oxygen atoms in total. The Bertz CT molecular complexity index is 923. The van der Waals surface area contributed by atoms with Crippen molar-refractivity contribution in [2.75, 3.05) is 26.2 Å². The van der Waals surface area contributed by atoms with Crippen molar-refractivity contribution >= 4 is 23.4 Å². The maximum absolute atomic E-state index is 12.6. The smallest absolute Gasteiger partial charge is 0.304 e. The summed E-state index contributed by atoms with van der Waals surface area (Å²) in [5, 5.41) is 9.31. The van der Waals surface area contributed by atoms with Gasteiger partial charge in [-0.25, -0.2) is 0 Å². The summed E-state index contributed by atoms with van der Waals surface area (Å²) in [6.07, 6.45) is 8.17. The van der Waals surface area contributed by atoms with Gasteiger partial charge in [0.05, 0.1) is 13.0 Å². The predicted octanol–water partition coefficient (Wildman–Crippen LogP) is 4.49. The highest BCUT2D eigenvalue weighted by atomic mass is 35.5. The summed E-state index contributed by atoms with van der Waals surface area (Å²) in [6, 6.07) is 5.64. The molecule has 0 saturated carbocycles. The first-order chi connectivity index (χ1) is 14.4. The van der Waals surface area contributed by atoms with Gasteiger partial charge in [0.2, 0.25) is 0 Å². The van der Waals surface area contributed by atoms with Crippen molar-refractivity contribution in [3.05, 3.63) is 77.4 Å². The summed E-state index contributed by atoms with van der Waals surface area (Å²) in [5.74, 6) is -0.144. The van der Waals surface area contributed by atoms with E-state index in [0.29, 0.717) is 29.3 Å². The number of benzene rings is 1. The van der Waals surface area contributed by atoms with Crippen LogP contribution < -0.4 is 4.74 Å². The minimum atomic E-state index is -0.765. The standard InChI is InChI=1S/C24H26ClNO4/c1-3-17(20(25)4-2)6-8-21(27)18-5-7-19-22(15-18)30-16-24(19)10-13-26(14-11-24)12-9-23(28)29/h3-8,15H,1-2,9-14,16H2,(H,28,29)/b8-6+,20-17-. The Morgan fingerprint density at radius 2 is 1.93 bits per heavy atom. The van der Waals surface area contributed by atoms with E-state index >= 15 is 0 Å². The third-order valence-corrected chi connectivity index (χ3v) is 6.26. The fraction of sp³-hybridized carbons (Fsp3) is 0.333. The SMILES string of the molecule is C=C/C(Cl)=C(C=C)/C=C/C(=O)c1ccc2c(c1)OCC21CCN(CCC(=O)O)CC1. The van der Waals surface area contributed by atoms with Gasteiger partial charge >= 0.3 is 5.97 Å². The fourth-order valence-electron chi connectivity index (χ4n) is 4.02. The number of nitrogens with zero attached hydrogens (tertiary/aromatic N) is 1. The van der Waals surface area contributed by atoms with E-state index in [2.05, 4.69) is 18.1 Å². The van der Waals surface area contributed by atoms with Crippen LogP contribution >= 0.6 is 11.6 Å². The van der Waals surface area contributed by atoms with Gasteiger partial charge in [-0.2, -0.15) is 0 Å². The Hall–Kier alpha value is -2.63. The molecule has 0 aliphatic carbocycles. The zero-order chi connectivity index (χ0) is 21.7. The quantitative estimate of drug-likeness (QED) is 0.376. The number of aliphatic carboxylic acids is 1. The Balaban J connectivity index is 1.71. The molecule has 2 heterocycles. The molecule has 30 heavy (non-hydrogen) atoms. The molecule has 1 spiro atoms. The Kier molecular flexibility index (Phi) is 6.95. The van der Waals surface area contributed by atoms with Gasteiger partial charge in [-0.1, -0.05) is 49.0 Å². The lowest BCUT2D eigenvalue weighted by Gasteiger charge is -2.38. The van der Waals surface area contributed by atoms with Gasteiger partial charge in [-0.05, 0) is 49.7 Å². The number of piperidine rings is 1. The molecule has 0 aromatic heterocycles. The maximum Gasteiger partial charge on any atom is 0.304 e. The van der Waals surface area contributed by atoms with E-state index in [0.717, 1.165) is 37.2 Å². The number of carbonyl (C=O) groups is 2. The van der Waals surface area contributed by atoms with Gasteiger partial charge in [0.1, 0.15) is 5.75 Å². The van der Waals surface area contributed by atoms with E-state index < -0.39 is 5.97 Å². The highest BCUT2D eigenvalue weighted by molar-refractivity contribution is 6.32. The molecule has 158 valence electrons. The van der Waals surface area contributed by atoms with Crippen LogP contribution in [-0.2, 0) is 10.2 Å². The number of carboxylic acid groups (broad SMARTS) is 1. The van der Waals surface area contributed by atoms with Crippen molar-refractivity contribution < 1.29 is 19.4 Å². The van der Waals surface area contributed by atoms with Crippen molar-refractivity contribution in [1.82, 2.24) is 4.90 Å². The van der Waals surface area contributed by atoms with Crippen molar-refractivity contribution in [1.29, 1.82) is 0 Å². The van der Waals surface area contributed by atoms with Gasteiger partial charge < -0.3 is 14.7 Å². The van der Waals surface area contributed by atoms with Crippen LogP contribution in [0.15, 0.2) is 66.3 Å². The van der Waals surface area contributed by atoms with Gasteiger partial charge in [0.25, 0.3) is 0 Å². The van der Waals surface area contributed by atoms with Crippen LogP contribution in [0.4, 0.5) is 0 Å². The number of halogens is 1. The molecule has 2 aliphatic heterocycles. The zero-order valence-corrected chi connectivity index (χ0v) is 17.7. The summed E-state index contributed by atoms with van der Waals surface area (Å²) in [7, 11) is 0. The van der Waals surface area contributed by atoms with Gasteiger partial charge in [-0.15, -0.1) is 0 Å². The lowest BCUT2D eigenvalue weighted by atomic mass is 9.74. The number of rotatable bonds is 8. The number of fused-ring (bicyclic) bond motifs is 2. The van der Waals surface area contributed by atoms with E-state index in [9.17, 15) is 9.59 Å². The van der Waals surface area contributed by atoms with Crippen LogP contribution in [0.5, 0.6) is 5.75 Å². The molecule has 0 radical (unpaired) electrons. The molecule has 0 bridgehead atoms. The number of allylic oxidation sites excluding steroid dienone is 6. The van der Waals surface area contributed by atoms with Gasteiger partial charge in [0.15, 0.2) is 5.78 Å². The first kappa shape index (κ1) is 22.1. The second-order valence-electron chi connectivity index (χ2n) is 7.67. The molecule has 0 amide bonds. The predicted molar refractivity (Wildman–Crippen MR) is 118 cm³/mol. The summed E-state index contributed by atoms with van der Waals surface area (Å²) < 4.78 is 5.97. The number of ketones is 1. The first-order valence-electron chi connectivity index (χ1n) is 9.97. The fourth-order valence-corrected chi connectivity index (χ4v) is 4.16. The molecule has 6 heteroatoms. The average Bonchev–Trinajstić information content (AvgIpc) is 3.10. The lowest BCUT2D eigenvalue weighted by molar-refractivity contribution is -0.137. The number of carbonyl (C=O) groups excluding carboxylic acids is 1. The molecule has 0 atom stereocenters. The molecule has 1 fully saturated rings. The van der Waals surface area contributed by atoms with Gasteiger partial charge in [0, 0.05) is 28.1 Å². The molecule has 1 aromatic carbocycles.